The number of amides is 1. The number of nitrogens with one attached hydrogen (secondary N) is 1. The Hall–Kier alpha value is -3.21. The Bertz CT molecular complexity index is 1280. The summed E-state index contributed by atoms with van der Waals surface area (Å²) in [6, 6.07) is 17.3. The van der Waals surface area contributed by atoms with E-state index in [1.165, 1.54) is 12.5 Å². The lowest BCUT2D eigenvalue weighted by Crippen LogP contribution is -2.41. The summed E-state index contributed by atoms with van der Waals surface area (Å²) in [7, 11) is 0. The number of likely N-dealkylation sites (tertiary alicyclic amines) is 1. The highest BCUT2D eigenvalue weighted by atomic mass is 19.1. The molecule has 1 fully saturated rings. The van der Waals surface area contributed by atoms with Gasteiger partial charge in [0.2, 0.25) is 5.91 Å². The topological polar surface area (TPSA) is 49.0 Å². The number of nitrogens with zero attached hydrogens (tertiary/aromatic N) is 2. The number of para-hydroxylation sites is 1. The van der Waals surface area contributed by atoms with Gasteiger partial charge in [0.15, 0.2) is 0 Å². The van der Waals surface area contributed by atoms with Crippen LogP contribution in [0.3, 0.4) is 0 Å². The van der Waals surface area contributed by atoms with Crippen molar-refractivity contribution in [2.45, 2.75) is 51.5 Å². The van der Waals surface area contributed by atoms with Gasteiger partial charge < -0.3 is 9.88 Å². The molecule has 0 saturated carbocycles. The minimum absolute atomic E-state index is 0.230. The molecule has 2 aromatic carbocycles. The molecule has 1 unspecified atom stereocenters. The van der Waals surface area contributed by atoms with Gasteiger partial charge in [-0.3, -0.25) is 4.79 Å². The summed E-state index contributed by atoms with van der Waals surface area (Å²) in [5.74, 6) is -0.0254. The number of carbonyl (C=O) groups excluding carboxylic acids is 1. The minimum atomic E-state index is -0.256. The molecule has 1 aliphatic rings. The molecular weight excluding hydrogens is 401 g/mol. The van der Waals surface area contributed by atoms with E-state index < -0.39 is 0 Å². The molecule has 0 aliphatic carbocycles. The van der Waals surface area contributed by atoms with Crippen molar-refractivity contribution in [2.75, 3.05) is 6.54 Å². The van der Waals surface area contributed by atoms with Crippen molar-refractivity contribution >= 4 is 27.7 Å². The van der Waals surface area contributed by atoms with E-state index in [9.17, 15) is 9.18 Å². The molecule has 4 aromatic rings. The van der Waals surface area contributed by atoms with Gasteiger partial charge in [-0.15, -0.1) is 0 Å². The van der Waals surface area contributed by atoms with Crippen molar-refractivity contribution in [1.29, 1.82) is 0 Å². The molecule has 3 heterocycles. The first-order chi connectivity index (χ1) is 15.6. The number of fused-ring (bicyclic) bond motifs is 2. The van der Waals surface area contributed by atoms with Crippen molar-refractivity contribution in [1.82, 2.24) is 14.9 Å². The lowest BCUT2D eigenvalue weighted by molar-refractivity contribution is -0.134. The number of aromatic nitrogens is 2. The molecule has 32 heavy (non-hydrogen) atoms. The van der Waals surface area contributed by atoms with Crippen LogP contribution in [0.25, 0.3) is 33.2 Å². The van der Waals surface area contributed by atoms with Crippen LogP contribution in [0.1, 0.15) is 44.6 Å². The molecule has 1 N–H and O–H groups in total. The molecule has 1 amide bonds. The summed E-state index contributed by atoms with van der Waals surface area (Å²) in [5.41, 5.74) is 4.60. The molecule has 164 valence electrons. The minimum Gasteiger partial charge on any atom is -0.353 e. The van der Waals surface area contributed by atoms with E-state index in [0.29, 0.717) is 18.9 Å². The summed E-state index contributed by atoms with van der Waals surface area (Å²) < 4.78 is 14.1. The van der Waals surface area contributed by atoms with Gasteiger partial charge in [0.25, 0.3) is 0 Å². The van der Waals surface area contributed by atoms with Gasteiger partial charge in [-0.05, 0) is 74.9 Å². The van der Waals surface area contributed by atoms with Crippen molar-refractivity contribution in [2.24, 2.45) is 0 Å². The standard InChI is InChI=1S/C27H28FN3O/c1-18-7-4-5-16-31(18)26(32)11-6-9-21-22-17-20(28)13-15-24(22)30-27(21)25-14-12-19-8-2-3-10-23(19)29-25/h2-3,8,10,12-15,17-18,30H,4-7,9,11,16H2,1H3. The van der Waals surface area contributed by atoms with E-state index in [1.54, 1.807) is 12.1 Å². The molecule has 1 aliphatic heterocycles. The lowest BCUT2D eigenvalue weighted by Gasteiger charge is -2.33. The van der Waals surface area contributed by atoms with E-state index in [0.717, 1.165) is 64.6 Å². The predicted molar refractivity (Wildman–Crippen MR) is 127 cm³/mol. The van der Waals surface area contributed by atoms with Crippen LogP contribution >= 0.6 is 0 Å². The number of pyridine rings is 1. The molecule has 1 atom stereocenters. The normalized spacial score (nSPS) is 16.7. The zero-order chi connectivity index (χ0) is 22.1. The first-order valence-corrected chi connectivity index (χ1v) is 11.6. The number of aromatic amines is 1. The quantitative estimate of drug-likeness (QED) is 0.408. The summed E-state index contributed by atoms with van der Waals surface area (Å²) in [6.45, 7) is 3.01. The van der Waals surface area contributed by atoms with E-state index >= 15 is 0 Å². The zero-order valence-electron chi connectivity index (χ0n) is 18.4. The molecule has 0 spiro atoms. The summed E-state index contributed by atoms with van der Waals surface area (Å²) >= 11 is 0. The molecule has 2 aromatic heterocycles. The number of rotatable bonds is 5. The third kappa shape index (κ3) is 3.99. The number of H-pyrrole nitrogens is 1. The first kappa shape index (κ1) is 20.7. The number of aryl methyl sites for hydroxylation is 1. The van der Waals surface area contributed by atoms with Crippen molar-refractivity contribution in [3.8, 4) is 11.4 Å². The highest BCUT2D eigenvalue weighted by molar-refractivity contribution is 5.91. The second kappa shape index (κ2) is 8.73. The Kier molecular flexibility index (Phi) is 5.64. The van der Waals surface area contributed by atoms with Crippen molar-refractivity contribution in [3.63, 3.8) is 0 Å². The average molecular weight is 430 g/mol. The number of benzene rings is 2. The SMILES string of the molecule is CC1CCCCN1C(=O)CCCc1c(-c2ccc3ccccc3n2)[nH]c2ccc(F)cc12. The lowest BCUT2D eigenvalue weighted by atomic mass is 10.00. The smallest absolute Gasteiger partial charge is 0.222 e. The van der Waals surface area contributed by atoms with Gasteiger partial charge in [0.1, 0.15) is 5.82 Å². The van der Waals surface area contributed by atoms with Crippen LogP contribution in [-0.4, -0.2) is 33.4 Å². The van der Waals surface area contributed by atoms with Gasteiger partial charge in [0, 0.05) is 35.3 Å². The second-order valence-corrected chi connectivity index (χ2v) is 8.84. The molecule has 5 heteroatoms. The Morgan fingerprint density at radius 2 is 2.03 bits per heavy atom. The van der Waals surface area contributed by atoms with E-state index in [2.05, 4.69) is 18.0 Å². The maximum Gasteiger partial charge on any atom is 0.222 e. The van der Waals surface area contributed by atoms with Crippen LogP contribution < -0.4 is 0 Å². The maximum absolute atomic E-state index is 14.1. The van der Waals surface area contributed by atoms with Crippen LogP contribution in [0.15, 0.2) is 54.6 Å². The number of hydrogen-bond acceptors (Lipinski definition) is 2. The third-order valence-electron chi connectivity index (χ3n) is 6.66. The Balaban J connectivity index is 1.44. The van der Waals surface area contributed by atoms with Crippen LogP contribution in [-0.2, 0) is 11.2 Å². The van der Waals surface area contributed by atoms with Crippen LogP contribution in [0.2, 0.25) is 0 Å². The monoisotopic (exact) mass is 429 g/mol. The molecule has 1 saturated heterocycles. The molecule has 0 bridgehead atoms. The number of piperidine rings is 1. The van der Waals surface area contributed by atoms with Gasteiger partial charge >= 0.3 is 0 Å². The Labute approximate surface area is 187 Å². The van der Waals surface area contributed by atoms with Gasteiger partial charge in [0.05, 0.1) is 16.9 Å². The second-order valence-electron chi connectivity index (χ2n) is 8.84. The fraction of sp³-hybridized carbons (Fsp3) is 0.333. The molecule has 5 rings (SSSR count). The Morgan fingerprint density at radius 1 is 1.16 bits per heavy atom. The molecule has 0 radical (unpaired) electrons. The third-order valence-corrected chi connectivity index (χ3v) is 6.66. The highest BCUT2D eigenvalue weighted by Gasteiger charge is 2.23. The average Bonchev–Trinajstić information content (AvgIpc) is 3.16. The van der Waals surface area contributed by atoms with Crippen LogP contribution in [0, 0.1) is 5.82 Å². The van der Waals surface area contributed by atoms with Gasteiger partial charge in [-0.1, -0.05) is 24.3 Å². The predicted octanol–water partition coefficient (Wildman–Crippen LogP) is 6.25. The highest BCUT2D eigenvalue weighted by Crippen LogP contribution is 2.32. The fourth-order valence-electron chi connectivity index (χ4n) is 4.93. The fourth-order valence-corrected chi connectivity index (χ4v) is 4.93. The summed E-state index contributed by atoms with van der Waals surface area (Å²) in [6.07, 6.45) is 5.32. The molecular formula is C27H28FN3O. The van der Waals surface area contributed by atoms with Crippen LogP contribution in [0.4, 0.5) is 4.39 Å². The van der Waals surface area contributed by atoms with E-state index in [1.807, 2.05) is 35.2 Å². The number of carbonyl (C=O) groups is 1. The van der Waals surface area contributed by atoms with Crippen molar-refractivity contribution in [3.05, 3.63) is 66.0 Å². The van der Waals surface area contributed by atoms with Gasteiger partial charge in [-0.2, -0.15) is 0 Å². The largest absolute Gasteiger partial charge is 0.353 e. The maximum atomic E-state index is 14.1. The van der Waals surface area contributed by atoms with E-state index in [-0.39, 0.29) is 11.7 Å². The molecule has 4 nitrogen and oxygen atoms in total. The summed E-state index contributed by atoms with van der Waals surface area (Å²) in [4.78, 5) is 23.1. The number of halogens is 1. The van der Waals surface area contributed by atoms with Crippen LogP contribution in [0.5, 0.6) is 0 Å². The first-order valence-electron chi connectivity index (χ1n) is 11.6. The number of hydrogen-bond donors (Lipinski definition) is 1. The Morgan fingerprint density at radius 3 is 2.91 bits per heavy atom. The van der Waals surface area contributed by atoms with E-state index in [4.69, 9.17) is 4.98 Å². The summed E-state index contributed by atoms with van der Waals surface area (Å²) in [5, 5.41) is 1.95. The van der Waals surface area contributed by atoms with Gasteiger partial charge in [-0.25, -0.2) is 9.37 Å². The zero-order valence-corrected chi connectivity index (χ0v) is 18.4. The van der Waals surface area contributed by atoms with Crippen molar-refractivity contribution < 1.29 is 9.18 Å².